The number of carbonyl (C=O) groups excluding carboxylic acids is 3. The number of benzene rings is 1. The molecule has 2 fully saturated rings. The van der Waals surface area contributed by atoms with Crippen LogP contribution in [0.3, 0.4) is 0 Å². The minimum absolute atomic E-state index is 0.0578. The molecular formula is C20H24FN3O3. The lowest BCUT2D eigenvalue weighted by atomic mass is 9.85. The third-order valence-electron chi connectivity index (χ3n) is 5.91. The highest BCUT2D eigenvalue weighted by molar-refractivity contribution is 6.05. The van der Waals surface area contributed by atoms with Gasteiger partial charge >= 0.3 is 0 Å². The van der Waals surface area contributed by atoms with Crippen molar-refractivity contribution >= 4 is 17.7 Å². The number of rotatable bonds is 2. The van der Waals surface area contributed by atoms with Crippen molar-refractivity contribution in [3.8, 4) is 0 Å². The molecule has 0 aromatic heterocycles. The Morgan fingerprint density at radius 3 is 2.48 bits per heavy atom. The van der Waals surface area contributed by atoms with E-state index >= 15 is 0 Å². The van der Waals surface area contributed by atoms with Crippen molar-refractivity contribution in [3.63, 3.8) is 0 Å². The van der Waals surface area contributed by atoms with Gasteiger partial charge in [0.25, 0.3) is 5.91 Å². The number of piperidine rings is 1. The summed E-state index contributed by atoms with van der Waals surface area (Å²) in [5.74, 6) is -1.34. The van der Waals surface area contributed by atoms with Crippen LogP contribution in [0.2, 0.25) is 0 Å². The monoisotopic (exact) mass is 373 g/mol. The fraction of sp³-hybridized carbons (Fsp3) is 0.550. The van der Waals surface area contributed by atoms with Crippen molar-refractivity contribution in [2.45, 2.75) is 57.7 Å². The van der Waals surface area contributed by atoms with E-state index in [-0.39, 0.29) is 42.1 Å². The molecule has 144 valence electrons. The second-order valence-corrected chi connectivity index (χ2v) is 8.70. The zero-order chi connectivity index (χ0) is 19.5. The summed E-state index contributed by atoms with van der Waals surface area (Å²) in [7, 11) is 0. The summed E-state index contributed by atoms with van der Waals surface area (Å²) < 4.78 is 14.7. The quantitative estimate of drug-likeness (QED) is 0.803. The van der Waals surface area contributed by atoms with E-state index in [0.717, 1.165) is 18.7 Å². The molecule has 0 saturated carbocycles. The van der Waals surface area contributed by atoms with Crippen LogP contribution in [0, 0.1) is 5.82 Å². The van der Waals surface area contributed by atoms with Crippen molar-refractivity contribution in [1.82, 2.24) is 15.1 Å². The number of nitrogens with zero attached hydrogens (tertiary/aromatic N) is 2. The first-order valence-electron chi connectivity index (χ1n) is 9.37. The summed E-state index contributed by atoms with van der Waals surface area (Å²) >= 11 is 0. The summed E-state index contributed by atoms with van der Waals surface area (Å²) in [6.45, 7) is 8.29. The van der Waals surface area contributed by atoms with Crippen molar-refractivity contribution in [1.29, 1.82) is 0 Å². The van der Waals surface area contributed by atoms with Crippen LogP contribution in [0.4, 0.5) is 4.39 Å². The van der Waals surface area contributed by atoms with E-state index in [1.807, 2.05) is 0 Å². The minimum atomic E-state index is -0.672. The fourth-order valence-corrected chi connectivity index (χ4v) is 4.14. The highest BCUT2D eigenvalue weighted by Crippen LogP contribution is 2.37. The van der Waals surface area contributed by atoms with Gasteiger partial charge in [0.1, 0.15) is 11.9 Å². The lowest BCUT2D eigenvalue weighted by molar-refractivity contribution is -0.136. The van der Waals surface area contributed by atoms with Gasteiger partial charge in [-0.05, 0) is 50.5 Å². The molecule has 3 amide bonds. The zero-order valence-electron chi connectivity index (χ0n) is 15.8. The molecule has 0 bridgehead atoms. The van der Waals surface area contributed by atoms with Gasteiger partial charge in [-0.2, -0.15) is 0 Å². The van der Waals surface area contributed by atoms with E-state index in [1.54, 1.807) is 6.07 Å². The Kier molecular flexibility index (Phi) is 4.10. The number of likely N-dealkylation sites (tertiary alicyclic amines) is 1. The van der Waals surface area contributed by atoms with E-state index in [1.165, 1.54) is 11.0 Å². The van der Waals surface area contributed by atoms with Gasteiger partial charge in [-0.15, -0.1) is 0 Å². The number of carbonyl (C=O) groups is 3. The van der Waals surface area contributed by atoms with Gasteiger partial charge in [-0.25, -0.2) is 4.39 Å². The van der Waals surface area contributed by atoms with E-state index in [2.05, 4.69) is 31.0 Å². The Morgan fingerprint density at radius 2 is 1.85 bits per heavy atom. The molecule has 0 aliphatic carbocycles. The fourth-order valence-electron chi connectivity index (χ4n) is 4.14. The number of nitrogens with one attached hydrogen (secondary N) is 1. The summed E-state index contributed by atoms with van der Waals surface area (Å²) in [5.41, 5.74) is 1.79. The van der Waals surface area contributed by atoms with Crippen LogP contribution in [0.15, 0.2) is 12.1 Å². The second kappa shape index (κ2) is 6.12. The van der Waals surface area contributed by atoms with E-state index in [9.17, 15) is 18.8 Å². The number of imide groups is 1. The van der Waals surface area contributed by atoms with E-state index < -0.39 is 11.9 Å². The molecule has 1 atom stereocenters. The van der Waals surface area contributed by atoms with Gasteiger partial charge in [0, 0.05) is 43.1 Å². The maximum Gasteiger partial charge on any atom is 0.255 e. The van der Waals surface area contributed by atoms with Crippen LogP contribution in [0.25, 0.3) is 0 Å². The lowest BCUT2D eigenvalue weighted by Gasteiger charge is -2.48. The van der Waals surface area contributed by atoms with Gasteiger partial charge in [-0.3, -0.25) is 24.6 Å². The normalized spacial score (nSPS) is 24.1. The third kappa shape index (κ3) is 3.04. The summed E-state index contributed by atoms with van der Waals surface area (Å²) in [6.07, 6.45) is 0.518. The smallest absolute Gasteiger partial charge is 0.255 e. The van der Waals surface area contributed by atoms with Gasteiger partial charge in [0.15, 0.2) is 0 Å². The molecule has 2 saturated heterocycles. The number of hydrogen-bond donors (Lipinski definition) is 1. The standard InChI is InChI=1S/C20H24FN3O3/c1-20(2,3)23-8-12(9-23)13-6-11-10-24(19(27)14(11)7-15(13)21)16-4-5-17(25)22-18(16)26/h6-7,12,16H,4-5,8-10H2,1-3H3,(H,22,25,26)/t16-/m1/s1. The lowest BCUT2D eigenvalue weighted by Crippen LogP contribution is -2.54. The Bertz CT molecular complexity index is 840. The van der Waals surface area contributed by atoms with Gasteiger partial charge in [-0.1, -0.05) is 0 Å². The highest BCUT2D eigenvalue weighted by atomic mass is 19.1. The first kappa shape index (κ1) is 18.1. The van der Waals surface area contributed by atoms with Crippen LogP contribution < -0.4 is 5.32 Å². The molecule has 0 unspecified atom stereocenters. The van der Waals surface area contributed by atoms with Crippen LogP contribution >= 0.6 is 0 Å². The Balaban J connectivity index is 1.54. The average molecular weight is 373 g/mol. The average Bonchev–Trinajstić information content (AvgIpc) is 2.81. The van der Waals surface area contributed by atoms with Gasteiger partial charge < -0.3 is 4.90 Å². The molecule has 0 radical (unpaired) electrons. The van der Waals surface area contributed by atoms with Crippen LogP contribution in [0.1, 0.15) is 61.0 Å². The molecule has 6 nitrogen and oxygen atoms in total. The highest BCUT2D eigenvalue weighted by Gasteiger charge is 2.41. The van der Waals surface area contributed by atoms with Gasteiger partial charge in [0.05, 0.1) is 0 Å². The topological polar surface area (TPSA) is 69.7 Å². The molecule has 7 heteroatoms. The SMILES string of the molecule is CC(C)(C)N1CC(c2cc3c(cc2F)C(=O)N([C@@H]2CCC(=O)NC2=O)C3)C1. The molecule has 3 aliphatic rings. The predicted molar refractivity (Wildman–Crippen MR) is 96.5 cm³/mol. The number of halogens is 1. The molecule has 4 rings (SSSR count). The molecule has 1 aromatic rings. The maximum absolute atomic E-state index is 14.7. The number of fused-ring (bicyclic) bond motifs is 1. The molecule has 1 aromatic carbocycles. The number of hydrogen-bond acceptors (Lipinski definition) is 4. The van der Waals surface area contributed by atoms with Crippen molar-refractivity contribution in [3.05, 3.63) is 34.6 Å². The molecular weight excluding hydrogens is 349 g/mol. The van der Waals surface area contributed by atoms with Crippen molar-refractivity contribution < 1.29 is 18.8 Å². The minimum Gasteiger partial charge on any atom is -0.322 e. The Labute approximate surface area is 157 Å². The van der Waals surface area contributed by atoms with Crippen molar-refractivity contribution in [2.75, 3.05) is 13.1 Å². The Hall–Kier alpha value is -2.28. The molecule has 3 aliphatic heterocycles. The van der Waals surface area contributed by atoms with Crippen LogP contribution in [0.5, 0.6) is 0 Å². The molecule has 27 heavy (non-hydrogen) atoms. The summed E-state index contributed by atoms with van der Waals surface area (Å²) in [5, 5.41) is 2.28. The first-order valence-corrected chi connectivity index (χ1v) is 9.37. The summed E-state index contributed by atoms with van der Waals surface area (Å²) in [6, 6.07) is 2.44. The first-order chi connectivity index (χ1) is 12.6. The van der Waals surface area contributed by atoms with Gasteiger partial charge in [0.2, 0.25) is 11.8 Å². The van der Waals surface area contributed by atoms with Crippen molar-refractivity contribution in [2.24, 2.45) is 0 Å². The number of amides is 3. The molecule has 1 N–H and O–H groups in total. The zero-order valence-corrected chi connectivity index (χ0v) is 15.8. The van der Waals surface area contributed by atoms with Crippen LogP contribution in [-0.2, 0) is 16.1 Å². The second-order valence-electron chi connectivity index (χ2n) is 8.70. The van der Waals surface area contributed by atoms with E-state index in [0.29, 0.717) is 17.5 Å². The predicted octanol–water partition coefficient (Wildman–Crippen LogP) is 1.78. The Morgan fingerprint density at radius 1 is 1.15 bits per heavy atom. The van der Waals surface area contributed by atoms with Crippen LogP contribution in [-0.4, -0.2) is 52.2 Å². The largest absolute Gasteiger partial charge is 0.322 e. The third-order valence-corrected chi connectivity index (χ3v) is 5.91. The summed E-state index contributed by atoms with van der Waals surface area (Å²) in [4.78, 5) is 39.9. The van der Waals surface area contributed by atoms with E-state index in [4.69, 9.17) is 0 Å². The molecule has 3 heterocycles. The molecule has 0 spiro atoms. The maximum atomic E-state index is 14.7.